The van der Waals surface area contributed by atoms with Gasteiger partial charge in [0.2, 0.25) is 0 Å². The van der Waals surface area contributed by atoms with Gasteiger partial charge >= 0.3 is 0 Å². The van der Waals surface area contributed by atoms with E-state index in [4.69, 9.17) is 4.74 Å². The van der Waals surface area contributed by atoms with Gasteiger partial charge in [-0.1, -0.05) is 6.07 Å². The van der Waals surface area contributed by atoms with E-state index in [1.165, 1.54) is 4.68 Å². The molecule has 2 aromatic rings. The van der Waals surface area contributed by atoms with E-state index in [-0.39, 0.29) is 12.1 Å². The fraction of sp³-hybridized carbons (Fsp3) is 0.579. The van der Waals surface area contributed by atoms with Gasteiger partial charge in [0.1, 0.15) is 5.69 Å². The van der Waals surface area contributed by atoms with Crippen molar-refractivity contribution in [3.63, 3.8) is 0 Å². The van der Waals surface area contributed by atoms with Gasteiger partial charge in [0.05, 0.1) is 23.6 Å². The molecule has 26 heavy (non-hydrogen) atoms. The van der Waals surface area contributed by atoms with Crippen molar-refractivity contribution in [2.45, 2.75) is 31.4 Å². The highest BCUT2D eigenvalue weighted by Gasteiger charge is 2.34. The lowest BCUT2D eigenvalue weighted by Gasteiger charge is -2.38. The second kappa shape index (κ2) is 7.60. The third-order valence-corrected chi connectivity index (χ3v) is 6.30. The highest BCUT2D eigenvalue weighted by atomic mass is 32.1. The van der Waals surface area contributed by atoms with Crippen molar-refractivity contribution in [3.8, 4) is 10.6 Å². The Morgan fingerprint density at radius 3 is 2.85 bits per heavy atom. The molecule has 7 heteroatoms. The third kappa shape index (κ3) is 4.06. The molecule has 1 unspecified atom stereocenters. The molecule has 0 radical (unpaired) electrons. The van der Waals surface area contributed by atoms with Gasteiger partial charge in [-0.05, 0) is 42.7 Å². The van der Waals surface area contributed by atoms with Crippen LogP contribution in [0.1, 0.15) is 19.3 Å². The molecule has 2 aliphatic heterocycles. The zero-order chi connectivity index (χ0) is 18.0. The molecular weight excluding hydrogens is 350 g/mol. The fourth-order valence-corrected chi connectivity index (χ4v) is 4.49. The second-order valence-corrected chi connectivity index (χ2v) is 8.39. The standard InChI is InChI=1S/C19H25N3O3S/c23-18-4-3-16(17-2-1-11-26-17)20-22(18)14-19(24)6-8-21(9-7-19)12-15-5-10-25-13-15/h1-4,11,15,24H,5-10,12-14H2. The van der Waals surface area contributed by atoms with Crippen LogP contribution < -0.4 is 5.56 Å². The van der Waals surface area contributed by atoms with Crippen LogP contribution >= 0.6 is 11.3 Å². The number of rotatable bonds is 5. The Kier molecular flexibility index (Phi) is 5.22. The maximum Gasteiger partial charge on any atom is 0.266 e. The summed E-state index contributed by atoms with van der Waals surface area (Å²) in [5, 5.41) is 17.5. The summed E-state index contributed by atoms with van der Waals surface area (Å²) in [7, 11) is 0. The van der Waals surface area contributed by atoms with Crippen LogP contribution in [0.15, 0.2) is 34.4 Å². The van der Waals surface area contributed by atoms with Crippen molar-refractivity contribution in [2.75, 3.05) is 32.8 Å². The van der Waals surface area contributed by atoms with Gasteiger partial charge < -0.3 is 14.7 Å². The average molecular weight is 375 g/mol. The van der Waals surface area contributed by atoms with Gasteiger partial charge in [-0.15, -0.1) is 11.3 Å². The zero-order valence-corrected chi connectivity index (χ0v) is 15.7. The molecular formula is C19H25N3O3S. The van der Waals surface area contributed by atoms with E-state index in [9.17, 15) is 9.90 Å². The quantitative estimate of drug-likeness (QED) is 0.864. The zero-order valence-electron chi connectivity index (χ0n) is 14.8. The van der Waals surface area contributed by atoms with Crippen LogP contribution in [0, 0.1) is 5.92 Å². The Morgan fingerprint density at radius 2 is 2.15 bits per heavy atom. The number of nitrogens with zero attached hydrogens (tertiary/aromatic N) is 3. The van der Waals surface area contributed by atoms with E-state index in [2.05, 4.69) is 10.00 Å². The van der Waals surface area contributed by atoms with E-state index >= 15 is 0 Å². The molecule has 0 bridgehead atoms. The van der Waals surface area contributed by atoms with Crippen LogP contribution in [0.3, 0.4) is 0 Å². The Balaban J connectivity index is 1.41. The Morgan fingerprint density at radius 1 is 1.31 bits per heavy atom. The number of aliphatic hydroxyl groups is 1. The van der Waals surface area contributed by atoms with Crippen LogP contribution in [0.4, 0.5) is 0 Å². The van der Waals surface area contributed by atoms with Gasteiger partial charge in [-0.25, -0.2) is 4.68 Å². The minimum atomic E-state index is -0.867. The molecule has 6 nitrogen and oxygen atoms in total. The molecule has 140 valence electrons. The summed E-state index contributed by atoms with van der Waals surface area (Å²) < 4.78 is 6.88. The fourth-order valence-electron chi connectivity index (χ4n) is 3.80. The Labute approximate surface area is 157 Å². The SMILES string of the molecule is O=c1ccc(-c2cccs2)nn1CC1(O)CCN(CC2CCOC2)CC1. The molecule has 1 atom stereocenters. The molecule has 2 aromatic heterocycles. The van der Waals surface area contributed by atoms with E-state index < -0.39 is 5.60 Å². The Hall–Kier alpha value is -1.54. The number of piperidine rings is 1. The maximum atomic E-state index is 12.2. The highest BCUT2D eigenvalue weighted by Crippen LogP contribution is 2.26. The number of thiophene rings is 1. The summed E-state index contributed by atoms with van der Waals surface area (Å²) in [5.74, 6) is 0.618. The number of ether oxygens (including phenoxy) is 1. The van der Waals surface area contributed by atoms with E-state index in [0.717, 1.165) is 49.8 Å². The van der Waals surface area contributed by atoms with Crippen molar-refractivity contribution >= 4 is 11.3 Å². The highest BCUT2D eigenvalue weighted by molar-refractivity contribution is 7.13. The first-order valence-corrected chi connectivity index (χ1v) is 10.1. The van der Waals surface area contributed by atoms with Crippen molar-refractivity contribution in [1.29, 1.82) is 0 Å². The second-order valence-electron chi connectivity index (χ2n) is 7.45. The maximum absolute atomic E-state index is 12.2. The van der Waals surface area contributed by atoms with Crippen molar-refractivity contribution in [1.82, 2.24) is 14.7 Å². The summed E-state index contributed by atoms with van der Waals surface area (Å²) in [6, 6.07) is 7.25. The summed E-state index contributed by atoms with van der Waals surface area (Å²) >= 11 is 1.59. The van der Waals surface area contributed by atoms with Gasteiger partial charge in [0.25, 0.3) is 5.56 Å². The van der Waals surface area contributed by atoms with Crippen LogP contribution in [0.25, 0.3) is 10.6 Å². The van der Waals surface area contributed by atoms with Crippen LogP contribution in [-0.2, 0) is 11.3 Å². The minimum Gasteiger partial charge on any atom is -0.388 e. The molecule has 2 fully saturated rings. The summed E-state index contributed by atoms with van der Waals surface area (Å²) in [5.41, 5.74) is -0.251. The predicted molar refractivity (Wildman–Crippen MR) is 101 cm³/mol. The average Bonchev–Trinajstić information content (AvgIpc) is 3.33. The minimum absolute atomic E-state index is 0.163. The first-order valence-electron chi connectivity index (χ1n) is 9.26. The molecule has 0 spiro atoms. The van der Waals surface area contributed by atoms with E-state index in [1.807, 2.05) is 17.5 Å². The molecule has 0 saturated carbocycles. The van der Waals surface area contributed by atoms with E-state index in [1.54, 1.807) is 23.5 Å². The van der Waals surface area contributed by atoms with Crippen LogP contribution in [-0.4, -0.2) is 58.2 Å². The predicted octanol–water partition coefficient (Wildman–Crippen LogP) is 1.84. The summed E-state index contributed by atoms with van der Waals surface area (Å²) in [6.07, 6.45) is 2.46. The smallest absolute Gasteiger partial charge is 0.266 e. The van der Waals surface area contributed by atoms with Gasteiger partial charge in [-0.2, -0.15) is 5.10 Å². The summed E-state index contributed by atoms with van der Waals surface area (Å²) in [4.78, 5) is 15.7. The molecule has 0 aliphatic carbocycles. The first kappa shape index (κ1) is 17.9. The molecule has 4 heterocycles. The monoisotopic (exact) mass is 375 g/mol. The Bertz CT molecular complexity index is 776. The van der Waals surface area contributed by atoms with Crippen molar-refractivity contribution < 1.29 is 9.84 Å². The molecule has 2 aliphatic rings. The number of aromatic nitrogens is 2. The van der Waals surface area contributed by atoms with E-state index in [0.29, 0.717) is 18.8 Å². The number of likely N-dealkylation sites (tertiary alicyclic amines) is 1. The largest absolute Gasteiger partial charge is 0.388 e. The molecule has 4 rings (SSSR count). The van der Waals surface area contributed by atoms with Crippen LogP contribution in [0.5, 0.6) is 0 Å². The molecule has 0 aromatic carbocycles. The molecule has 0 amide bonds. The lowest BCUT2D eigenvalue weighted by atomic mass is 9.90. The molecule has 1 N–H and O–H groups in total. The number of hydrogen-bond acceptors (Lipinski definition) is 6. The van der Waals surface area contributed by atoms with Crippen LogP contribution in [0.2, 0.25) is 0 Å². The van der Waals surface area contributed by atoms with Gasteiger partial charge in [0, 0.05) is 32.3 Å². The first-order chi connectivity index (χ1) is 12.6. The number of hydrogen-bond donors (Lipinski definition) is 1. The van der Waals surface area contributed by atoms with Gasteiger partial charge in [0.15, 0.2) is 0 Å². The van der Waals surface area contributed by atoms with Crippen molar-refractivity contribution in [3.05, 3.63) is 40.0 Å². The lowest BCUT2D eigenvalue weighted by molar-refractivity contribution is -0.0398. The van der Waals surface area contributed by atoms with Gasteiger partial charge in [-0.3, -0.25) is 4.79 Å². The lowest BCUT2D eigenvalue weighted by Crippen LogP contribution is -2.49. The third-order valence-electron chi connectivity index (χ3n) is 5.41. The normalized spacial score (nSPS) is 23.3. The summed E-state index contributed by atoms with van der Waals surface area (Å²) in [6.45, 7) is 4.74. The van der Waals surface area contributed by atoms with Crippen molar-refractivity contribution in [2.24, 2.45) is 5.92 Å². The topological polar surface area (TPSA) is 67.6 Å². The molecule has 2 saturated heterocycles.